The Morgan fingerprint density at radius 1 is 1.09 bits per heavy atom. The van der Waals surface area contributed by atoms with Gasteiger partial charge >= 0.3 is 5.97 Å². The zero-order chi connectivity index (χ0) is 31.3. The van der Waals surface area contributed by atoms with Crippen molar-refractivity contribution in [3.63, 3.8) is 0 Å². The van der Waals surface area contributed by atoms with Gasteiger partial charge in [-0.1, -0.05) is 74.5 Å². The summed E-state index contributed by atoms with van der Waals surface area (Å²) in [6, 6.07) is 18.6. The van der Waals surface area contributed by atoms with Gasteiger partial charge in [-0.2, -0.15) is 4.98 Å². The Balaban J connectivity index is 1.54. The first-order valence-electron chi connectivity index (χ1n) is 14.2. The average Bonchev–Trinajstić information content (AvgIpc) is 3.56. The molecule has 1 aliphatic heterocycles. The number of benzene rings is 2. The summed E-state index contributed by atoms with van der Waals surface area (Å²) in [6.45, 7) is 3.55. The molecular weight excluding hydrogens is 573 g/mol. The minimum atomic E-state index is -1.72. The van der Waals surface area contributed by atoms with E-state index in [9.17, 15) is 14.4 Å². The van der Waals surface area contributed by atoms with Gasteiger partial charge in [-0.25, -0.2) is 9.37 Å². The molecule has 0 bridgehead atoms. The number of halogens is 1. The fraction of sp³-hybridized carbons (Fsp3) is 0.387. The predicted octanol–water partition coefficient (Wildman–Crippen LogP) is 3.69. The minimum absolute atomic E-state index is 0.0247. The molecule has 232 valence electrons. The average molecular weight is 608 g/mol. The van der Waals surface area contributed by atoms with Gasteiger partial charge < -0.3 is 18.9 Å². The Labute approximate surface area is 252 Å². The number of hydrogen-bond donors (Lipinski definition) is 2. The molecule has 1 saturated heterocycles. The van der Waals surface area contributed by atoms with E-state index >= 15 is 4.39 Å². The highest BCUT2D eigenvalue weighted by Crippen LogP contribution is 2.43. The molecule has 2 N–H and O–H groups in total. The third kappa shape index (κ3) is 6.69. The Bertz CT molecular complexity index is 1650. The monoisotopic (exact) mass is 607 g/mol. The van der Waals surface area contributed by atoms with Crippen LogP contribution in [0.15, 0.2) is 71.8 Å². The summed E-state index contributed by atoms with van der Waals surface area (Å²) in [5, 5.41) is 2.57. The summed E-state index contributed by atoms with van der Waals surface area (Å²) in [6.07, 6.45) is -2.27. The molecule has 1 fully saturated rings. The van der Waals surface area contributed by atoms with Crippen molar-refractivity contribution >= 4 is 29.0 Å². The molecule has 4 unspecified atom stereocenters. The van der Waals surface area contributed by atoms with E-state index in [1.54, 1.807) is 13.8 Å². The molecule has 3 heterocycles. The van der Waals surface area contributed by atoms with Gasteiger partial charge in [-0.15, -0.1) is 0 Å². The second-order valence-electron chi connectivity index (χ2n) is 10.9. The summed E-state index contributed by atoms with van der Waals surface area (Å²) < 4.78 is 41.0. The zero-order valence-electron chi connectivity index (χ0n) is 24.6. The second-order valence-corrected chi connectivity index (χ2v) is 10.9. The number of amides is 1. The van der Waals surface area contributed by atoms with Gasteiger partial charge in [0.2, 0.25) is 11.9 Å². The number of H-pyrrole nitrogens is 1. The largest absolute Gasteiger partial charge is 0.455 e. The van der Waals surface area contributed by atoms with Gasteiger partial charge in [-0.3, -0.25) is 29.3 Å². The third-order valence-electron chi connectivity index (χ3n) is 7.18. The quantitative estimate of drug-likeness (QED) is 0.230. The molecule has 0 aliphatic carbocycles. The number of hydrogen-bond acceptors (Lipinski definition) is 9. The predicted molar refractivity (Wildman–Crippen MR) is 157 cm³/mol. The molecule has 13 heteroatoms. The molecule has 4 aromatic rings. The van der Waals surface area contributed by atoms with Gasteiger partial charge in [0, 0.05) is 12.8 Å². The molecule has 2 aromatic carbocycles. The molecule has 1 amide bonds. The number of aromatic nitrogens is 4. The highest BCUT2D eigenvalue weighted by atomic mass is 19.1. The van der Waals surface area contributed by atoms with Crippen LogP contribution in [0.3, 0.4) is 0 Å². The fourth-order valence-corrected chi connectivity index (χ4v) is 4.97. The number of anilines is 1. The van der Waals surface area contributed by atoms with Crippen molar-refractivity contribution in [3.05, 3.63) is 88.5 Å². The molecule has 5 rings (SSSR count). The fourth-order valence-electron chi connectivity index (χ4n) is 4.97. The maximum Gasteiger partial charge on any atom is 0.303 e. The van der Waals surface area contributed by atoms with Crippen molar-refractivity contribution in [2.45, 2.75) is 58.0 Å². The summed E-state index contributed by atoms with van der Waals surface area (Å²) in [5.41, 5.74) is -0.693. The Morgan fingerprint density at radius 3 is 2.36 bits per heavy atom. The van der Waals surface area contributed by atoms with E-state index in [1.807, 2.05) is 60.7 Å². The van der Waals surface area contributed by atoms with Crippen molar-refractivity contribution in [3.8, 4) is 0 Å². The van der Waals surface area contributed by atoms with Gasteiger partial charge in [0.1, 0.15) is 12.8 Å². The van der Waals surface area contributed by atoms with Crippen molar-refractivity contribution < 1.29 is 32.9 Å². The van der Waals surface area contributed by atoms with Crippen LogP contribution in [0.4, 0.5) is 10.3 Å². The van der Waals surface area contributed by atoms with Crippen molar-refractivity contribution in [1.29, 1.82) is 0 Å². The Kier molecular flexibility index (Phi) is 9.47. The maximum atomic E-state index is 15.3. The van der Waals surface area contributed by atoms with Gasteiger partial charge in [0.25, 0.3) is 5.56 Å². The Morgan fingerprint density at radius 2 is 1.75 bits per heavy atom. The molecule has 0 radical (unpaired) electrons. The van der Waals surface area contributed by atoms with Crippen LogP contribution in [-0.4, -0.2) is 62.5 Å². The van der Waals surface area contributed by atoms with E-state index in [-0.39, 0.29) is 48.8 Å². The summed E-state index contributed by atoms with van der Waals surface area (Å²) in [4.78, 5) is 48.7. The van der Waals surface area contributed by atoms with Crippen LogP contribution in [0.25, 0.3) is 11.2 Å². The first-order valence-corrected chi connectivity index (χ1v) is 14.2. The van der Waals surface area contributed by atoms with E-state index in [2.05, 4.69) is 20.3 Å². The number of ether oxygens (including phenoxy) is 4. The van der Waals surface area contributed by atoms with Crippen molar-refractivity contribution in [1.82, 2.24) is 19.5 Å². The molecule has 44 heavy (non-hydrogen) atoms. The molecule has 0 spiro atoms. The SMILES string of the molecule is CC(=O)OC1C(n2cnc3c(=O)[nH]c(NC(=O)C(C)C)nc32)OC(CF)(COCc2ccccc2)C1OCc1ccccc1. The van der Waals surface area contributed by atoms with Gasteiger partial charge in [0.15, 0.2) is 29.1 Å². The number of rotatable bonds is 12. The number of carbonyl (C=O) groups excluding carboxylic acids is 2. The van der Waals surface area contributed by atoms with Crippen LogP contribution in [-0.2, 0) is 41.8 Å². The lowest BCUT2D eigenvalue weighted by Crippen LogP contribution is -2.51. The van der Waals surface area contributed by atoms with Crippen LogP contribution in [0.1, 0.15) is 38.1 Å². The zero-order valence-corrected chi connectivity index (χ0v) is 24.6. The number of imidazole rings is 1. The topological polar surface area (TPSA) is 147 Å². The number of fused-ring (bicyclic) bond motifs is 1. The first kappa shape index (κ1) is 31.0. The molecule has 2 aromatic heterocycles. The van der Waals surface area contributed by atoms with Gasteiger partial charge in [0.05, 0.1) is 26.1 Å². The van der Waals surface area contributed by atoms with Crippen molar-refractivity contribution in [2.24, 2.45) is 5.92 Å². The number of alkyl halides is 1. The molecule has 12 nitrogen and oxygen atoms in total. The van der Waals surface area contributed by atoms with E-state index in [0.29, 0.717) is 0 Å². The number of nitrogens with zero attached hydrogens (tertiary/aromatic N) is 3. The molecule has 0 saturated carbocycles. The Hall–Kier alpha value is -4.46. The number of nitrogens with one attached hydrogen (secondary N) is 2. The second kappa shape index (κ2) is 13.5. The summed E-state index contributed by atoms with van der Waals surface area (Å²) in [5.74, 6) is -1.51. The van der Waals surface area contributed by atoms with Crippen LogP contribution >= 0.6 is 0 Å². The smallest absolute Gasteiger partial charge is 0.303 e. The summed E-state index contributed by atoms with van der Waals surface area (Å²) >= 11 is 0. The maximum absolute atomic E-state index is 15.3. The normalized spacial score (nSPS) is 21.5. The van der Waals surface area contributed by atoms with Crippen LogP contribution in [0, 0.1) is 5.92 Å². The highest BCUT2D eigenvalue weighted by molar-refractivity contribution is 5.91. The van der Waals surface area contributed by atoms with E-state index < -0.39 is 42.2 Å². The van der Waals surface area contributed by atoms with Gasteiger partial charge in [-0.05, 0) is 11.1 Å². The van der Waals surface area contributed by atoms with E-state index in [0.717, 1.165) is 11.1 Å². The third-order valence-corrected chi connectivity index (χ3v) is 7.18. The molecule has 4 atom stereocenters. The molecule has 1 aliphatic rings. The van der Waals surface area contributed by atoms with Crippen molar-refractivity contribution in [2.75, 3.05) is 18.6 Å². The van der Waals surface area contributed by atoms with E-state index in [1.165, 1.54) is 17.8 Å². The molecular formula is C31H34FN5O7. The number of carbonyl (C=O) groups is 2. The minimum Gasteiger partial charge on any atom is -0.455 e. The van der Waals surface area contributed by atoms with Crippen LogP contribution in [0.2, 0.25) is 0 Å². The lowest BCUT2D eigenvalue weighted by Gasteiger charge is -2.32. The number of esters is 1. The van der Waals surface area contributed by atoms with Crippen LogP contribution < -0.4 is 10.9 Å². The first-order chi connectivity index (χ1) is 21.2. The standard InChI is InChI=1S/C31H34FN5O7/c1-19(2)27(39)35-30-34-26-23(28(40)36-30)33-18-37(26)29-24(43-20(3)38)25(42-15-22-12-8-5-9-13-22)31(16-32,44-29)17-41-14-21-10-6-4-7-11-21/h4-13,18-19,24-25,29H,14-17H2,1-3H3,(H2,34,35,36,39,40). The lowest BCUT2D eigenvalue weighted by atomic mass is 9.96. The van der Waals surface area contributed by atoms with Crippen LogP contribution in [0.5, 0.6) is 0 Å². The van der Waals surface area contributed by atoms with E-state index in [4.69, 9.17) is 18.9 Å². The lowest BCUT2D eigenvalue weighted by molar-refractivity contribution is -0.165. The number of aromatic amines is 1. The summed E-state index contributed by atoms with van der Waals surface area (Å²) in [7, 11) is 0. The highest BCUT2D eigenvalue weighted by Gasteiger charge is 2.59.